The van der Waals surface area contributed by atoms with Crippen LogP contribution in [-0.2, 0) is 11.3 Å². The van der Waals surface area contributed by atoms with Crippen molar-refractivity contribution in [3.05, 3.63) is 12.2 Å². The van der Waals surface area contributed by atoms with Crippen LogP contribution in [0.1, 0.15) is 19.2 Å². The normalized spacial score (nSPS) is 12.5. The summed E-state index contributed by atoms with van der Waals surface area (Å²) in [5.74, 6) is 0.632. The first kappa shape index (κ1) is 11.6. The number of aromatic nitrogens is 3. The zero-order valence-electron chi connectivity index (χ0n) is 9.10. The highest BCUT2D eigenvalue weighted by Gasteiger charge is 2.19. The van der Waals surface area contributed by atoms with Crippen LogP contribution >= 0.6 is 0 Å². The van der Waals surface area contributed by atoms with E-state index in [4.69, 9.17) is 5.73 Å². The SMILES string of the molecule is CCC(CN)C(=O)N(C)Cc1ncn[nH]1. The molecule has 1 heterocycles. The second-order valence-corrected chi connectivity index (χ2v) is 3.47. The minimum absolute atomic E-state index is 0.0522. The van der Waals surface area contributed by atoms with Gasteiger partial charge >= 0.3 is 0 Å². The second-order valence-electron chi connectivity index (χ2n) is 3.47. The predicted octanol–water partition coefficient (Wildman–Crippen LogP) is -0.252. The Balaban J connectivity index is 2.53. The number of nitrogens with zero attached hydrogens (tertiary/aromatic N) is 3. The maximum atomic E-state index is 11.8. The van der Waals surface area contributed by atoms with Gasteiger partial charge in [-0.2, -0.15) is 5.10 Å². The van der Waals surface area contributed by atoms with Crippen molar-refractivity contribution in [2.75, 3.05) is 13.6 Å². The monoisotopic (exact) mass is 211 g/mol. The molecule has 1 aromatic heterocycles. The Kier molecular flexibility index (Phi) is 4.23. The molecule has 0 saturated heterocycles. The molecule has 1 amide bonds. The Morgan fingerprint density at radius 1 is 1.73 bits per heavy atom. The van der Waals surface area contributed by atoms with Crippen LogP contribution in [-0.4, -0.2) is 39.6 Å². The molecule has 0 aliphatic carbocycles. The third kappa shape index (κ3) is 3.02. The minimum Gasteiger partial charge on any atom is -0.338 e. The average molecular weight is 211 g/mol. The maximum absolute atomic E-state index is 11.8. The molecule has 0 aliphatic heterocycles. The molecule has 0 spiro atoms. The van der Waals surface area contributed by atoms with Crippen LogP contribution in [0.3, 0.4) is 0 Å². The first-order valence-corrected chi connectivity index (χ1v) is 4.98. The summed E-state index contributed by atoms with van der Waals surface area (Å²) in [6.07, 6.45) is 2.18. The van der Waals surface area contributed by atoms with E-state index in [1.165, 1.54) is 6.33 Å². The van der Waals surface area contributed by atoms with Crippen LogP contribution in [0, 0.1) is 5.92 Å². The van der Waals surface area contributed by atoms with Gasteiger partial charge in [-0.05, 0) is 6.42 Å². The van der Waals surface area contributed by atoms with E-state index in [1.54, 1.807) is 11.9 Å². The standard InChI is InChI=1S/C9H17N5O/c1-3-7(4-10)9(15)14(2)5-8-11-6-12-13-8/h6-7H,3-5,10H2,1-2H3,(H,11,12,13). The molecule has 0 aliphatic rings. The second kappa shape index (κ2) is 5.45. The quantitative estimate of drug-likeness (QED) is 0.703. The lowest BCUT2D eigenvalue weighted by atomic mass is 10.1. The van der Waals surface area contributed by atoms with Gasteiger partial charge in [0.05, 0.1) is 12.5 Å². The van der Waals surface area contributed by atoms with Gasteiger partial charge in [0.2, 0.25) is 5.91 Å². The molecule has 0 radical (unpaired) electrons. The number of hydrogen-bond donors (Lipinski definition) is 2. The Morgan fingerprint density at radius 3 is 2.93 bits per heavy atom. The Labute approximate surface area is 88.9 Å². The fourth-order valence-corrected chi connectivity index (χ4v) is 1.36. The summed E-state index contributed by atoms with van der Waals surface area (Å²) < 4.78 is 0. The van der Waals surface area contributed by atoms with E-state index < -0.39 is 0 Å². The third-order valence-electron chi connectivity index (χ3n) is 2.35. The van der Waals surface area contributed by atoms with Gasteiger partial charge in [-0.15, -0.1) is 0 Å². The summed E-state index contributed by atoms with van der Waals surface area (Å²) in [4.78, 5) is 17.4. The first-order chi connectivity index (χ1) is 7.19. The van der Waals surface area contributed by atoms with Crippen LogP contribution in [0.4, 0.5) is 0 Å². The summed E-state index contributed by atoms with van der Waals surface area (Å²) in [6.45, 7) is 2.78. The Hall–Kier alpha value is -1.43. The molecule has 0 aromatic carbocycles. The topological polar surface area (TPSA) is 87.9 Å². The Morgan fingerprint density at radius 2 is 2.47 bits per heavy atom. The smallest absolute Gasteiger partial charge is 0.227 e. The molecule has 3 N–H and O–H groups in total. The molecular formula is C9H17N5O. The number of hydrogen-bond acceptors (Lipinski definition) is 4. The van der Waals surface area contributed by atoms with E-state index in [2.05, 4.69) is 15.2 Å². The molecule has 84 valence electrons. The van der Waals surface area contributed by atoms with Gasteiger partial charge in [-0.3, -0.25) is 9.89 Å². The zero-order valence-corrected chi connectivity index (χ0v) is 9.10. The summed E-state index contributed by atoms with van der Waals surface area (Å²) in [6, 6.07) is 0. The van der Waals surface area contributed by atoms with E-state index in [0.717, 1.165) is 6.42 Å². The minimum atomic E-state index is -0.0991. The van der Waals surface area contributed by atoms with Gasteiger partial charge in [0, 0.05) is 13.6 Å². The number of nitrogens with one attached hydrogen (secondary N) is 1. The number of amides is 1. The molecular weight excluding hydrogens is 194 g/mol. The van der Waals surface area contributed by atoms with Crippen molar-refractivity contribution >= 4 is 5.91 Å². The van der Waals surface area contributed by atoms with Crippen LogP contribution in [0.15, 0.2) is 6.33 Å². The molecule has 0 fully saturated rings. The summed E-state index contributed by atoms with van der Waals surface area (Å²) in [5.41, 5.74) is 5.51. The highest BCUT2D eigenvalue weighted by atomic mass is 16.2. The fraction of sp³-hybridized carbons (Fsp3) is 0.667. The molecule has 1 unspecified atom stereocenters. The molecule has 0 saturated carbocycles. The van der Waals surface area contributed by atoms with Crippen molar-refractivity contribution in [1.29, 1.82) is 0 Å². The van der Waals surface area contributed by atoms with Crippen molar-refractivity contribution < 1.29 is 4.79 Å². The molecule has 15 heavy (non-hydrogen) atoms. The van der Waals surface area contributed by atoms with E-state index in [9.17, 15) is 4.79 Å². The molecule has 6 heteroatoms. The van der Waals surface area contributed by atoms with Crippen molar-refractivity contribution in [2.45, 2.75) is 19.9 Å². The number of rotatable bonds is 5. The Bertz CT molecular complexity index is 293. The molecule has 6 nitrogen and oxygen atoms in total. The van der Waals surface area contributed by atoms with Gasteiger partial charge in [0.1, 0.15) is 12.2 Å². The van der Waals surface area contributed by atoms with Crippen LogP contribution in [0.2, 0.25) is 0 Å². The van der Waals surface area contributed by atoms with Crippen molar-refractivity contribution in [2.24, 2.45) is 11.7 Å². The number of H-pyrrole nitrogens is 1. The summed E-state index contributed by atoms with van der Waals surface area (Å²) in [7, 11) is 1.74. The lowest BCUT2D eigenvalue weighted by Crippen LogP contribution is -2.36. The van der Waals surface area contributed by atoms with E-state index in [0.29, 0.717) is 18.9 Å². The summed E-state index contributed by atoms with van der Waals surface area (Å²) >= 11 is 0. The van der Waals surface area contributed by atoms with Crippen LogP contribution in [0.25, 0.3) is 0 Å². The number of carbonyl (C=O) groups is 1. The highest BCUT2D eigenvalue weighted by molar-refractivity contribution is 5.78. The van der Waals surface area contributed by atoms with Crippen LogP contribution < -0.4 is 5.73 Å². The third-order valence-corrected chi connectivity index (χ3v) is 2.35. The van der Waals surface area contributed by atoms with E-state index in [1.807, 2.05) is 6.92 Å². The number of aromatic amines is 1. The van der Waals surface area contributed by atoms with Gasteiger partial charge in [0.25, 0.3) is 0 Å². The lowest BCUT2D eigenvalue weighted by molar-refractivity contribution is -0.134. The number of nitrogens with two attached hydrogens (primary N) is 1. The fourth-order valence-electron chi connectivity index (χ4n) is 1.36. The molecule has 1 rings (SSSR count). The van der Waals surface area contributed by atoms with Gasteiger partial charge in [0.15, 0.2) is 0 Å². The van der Waals surface area contributed by atoms with Crippen molar-refractivity contribution in [3.8, 4) is 0 Å². The van der Waals surface area contributed by atoms with Crippen molar-refractivity contribution in [3.63, 3.8) is 0 Å². The molecule has 1 atom stereocenters. The van der Waals surface area contributed by atoms with E-state index in [-0.39, 0.29) is 11.8 Å². The van der Waals surface area contributed by atoms with E-state index >= 15 is 0 Å². The lowest BCUT2D eigenvalue weighted by Gasteiger charge is -2.20. The van der Waals surface area contributed by atoms with Crippen molar-refractivity contribution in [1.82, 2.24) is 20.1 Å². The number of carbonyl (C=O) groups excluding carboxylic acids is 1. The maximum Gasteiger partial charge on any atom is 0.227 e. The predicted molar refractivity (Wildman–Crippen MR) is 55.7 cm³/mol. The first-order valence-electron chi connectivity index (χ1n) is 4.98. The van der Waals surface area contributed by atoms with Gasteiger partial charge in [-0.1, -0.05) is 6.92 Å². The van der Waals surface area contributed by atoms with Gasteiger partial charge in [-0.25, -0.2) is 4.98 Å². The summed E-state index contributed by atoms with van der Waals surface area (Å²) in [5, 5.41) is 6.43. The molecule has 1 aromatic rings. The largest absolute Gasteiger partial charge is 0.338 e. The highest BCUT2D eigenvalue weighted by Crippen LogP contribution is 2.06. The molecule has 0 bridgehead atoms. The van der Waals surface area contributed by atoms with Gasteiger partial charge < -0.3 is 10.6 Å². The average Bonchev–Trinajstić information content (AvgIpc) is 2.72. The zero-order chi connectivity index (χ0) is 11.3. The van der Waals surface area contributed by atoms with Crippen LogP contribution in [0.5, 0.6) is 0 Å².